The highest BCUT2D eigenvalue weighted by molar-refractivity contribution is 7.92. The van der Waals surface area contributed by atoms with E-state index in [9.17, 15) is 17.6 Å². The second-order valence-corrected chi connectivity index (χ2v) is 4.93. The quantitative estimate of drug-likeness (QED) is 0.800. The molecule has 0 aliphatic heterocycles. The second kappa shape index (κ2) is 4.48. The molecule has 0 spiro atoms. The maximum Gasteiger partial charge on any atom is 0.360 e. The molecule has 0 fully saturated rings. The minimum atomic E-state index is -3.98. The van der Waals surface area contributed by atoms with Crippen LogP contribution < -0.4 is 4.31 Å². The fourth-order valence-electron chi connectivity index (χ4n) is 1.17. The predicted molar refractivity (Wildman–Crippen MR) is 56.3 cm³/mol. The molecule has 0 radical (unpaired) electrons. The molecule has 1 unspecified atom stereocenters. The van der Waals surface area contributed by atoms with Crippen LogP contribution in [0.2, 0.25) is 0 Å². The number of para-hydroxylation sites is 1. The number of halogens is 1. The first kappa shape index (κ1) is 12.4. The lowest BCUT2D eigenvalue weighted by Gasteiger charge is -2.23. The molecule has 0 saturated carbocycles. The largest absolute Gasteiger partial charge is 0.478 e. The zero-order chi connectivity index (χ0) is 12.3. The number of hydrogen-bond donors (Lipinski definition) is 1. The van der Waals surface area contributed by atoms with E-state index in [0.717, 1.165) is 6.26 Å². The molecule has 0 saturated heterocycles. The fourth-order valence-corrected chi connectivity index (χ4v) is 2.10. The van der Waals surface area contributed by atoms with Crippen LogP contribution in [0.5, 0.6) is 0 Å². The fraction of sp³-hybridized carbons (Fsp3) is 0.222. The predicted octanol–water partition coefficient (Wildman–Crippen LogP) is 0.833. The lowest BCUT2D eigenvalue weighted by atomic mass is 10.3. The number of sulfonamides is 1. The molecule has 0 amide bonds. The van der Waals surface area contributed by atoms with Gasteiger partial charge in [-0.15, -0.1) is 0 Å². The zero-order valence-corrected chi connectivity index (χ0v) is 9.19. The Morgan fingerprint density at radius 3 is 2.25 bits per heavy atom. The summed E-state index contributed by atoms with van der Waals surface area (Å²) in [5.74, 6) is -1.85. The second-order valence-electron chi connectivity index (χ2n) is 3.07. The third-order valence-corrected chi connectivity index (χ3v) is 2.89. The van der Waals surface area contributed by atoms with Crippen molar-refractivity contribution in [3.8, 4) is 0 Å². The van der Waals surface area contributed by atoms with Crippen LogP contribution >= 0.6 is 0 Å². The van der Waals surface area contributed by atoms with Crippen LogP contribution in [0.4, 0.5) is 10.1 Å². The Hall–Kier alpha value is -1.63. The summed E-state index contributed by atoms with van der Waals surface area (Å²) in [7, 11) is -3.98. The van der Waals surface area contributed by atoms with Crippen molar-refractivity contribution < 1.29 is 22.7 Å². The van der Waals surface area contributed by atoms with Crippen molar-refractivity contribution in [1.29, 1.82) is 0 Å². The van der Waals surface area contributed by atoms with E-state index in [1.54, 1.807) is 6.07 Å². The minimum Gasteiger partial charge on any atom is -0.478 e. The average molecular weight is 247 g/mol. The average Bonchev–Trinajstić information content (AvgIpc) is 2.17. The molecule has 1 aromatic carbocycles. The van der Waals surface area contributed by atoms with Crippen LogP contribution in [0.1, 0.15) is 0 Å². The number of hydrogen-bond acceptors (Lipinski definition) is 3. The minimum absolute atomic E-state index is 0.0279. The number of alkyl halides is 1. The lowest BCUT2D eigenvalue weighted by Crippen LogP contribution is -2.41. The molecule has 0 heterocycles. The molecule has 7 heteroatoms. The van der Waals surface area contributed by atoms with Crippen molar-refractivity contribution in [2.45, 2.75) is 6.30 Å². The van der Waals surface area contributed by atoms with Crippen LogP contribution in [-0.4, -0.2) is 32.0 Å². The summed E-state index contributed by atoms with van der Waals surface area (Å²) >= 11 is 0. The normalized spacial score (nSPS) is 13.1. The Labute approximate surface area is 92.2 Å². The Morgan fingerprint density at radius 1 is 1.38 bits per heavy atom. The third-order valence-electron chi connectivity index (χ3n) is 1.78. The van der Waals surface area contributed by atoms with E-state index in [4.69, 9.17) is 5.11 Å². The smallest absolute Gasteiger partial charge is 0.360 e. The van der Waals surface area contributed by atoms with Crippen LogP contribution in [0.15, 0.2) is 30.3 Å². The molecule has 88 valence electrons. The molecule has 16 heavy (non-hydrogen) atoms. The summed E-state index contributed by atoms with van der Waals surface area (Å²) in [5, 5.41) is 8.50. The molecule has 0 bridgehead atoms. The Kier molecular flexibility index (Phi) is 3.48. The summed E-state index contributed by atoms with van der Waals surface area (Å²) in [6, 6.07) is 7.22. The van der Waals surface area contributed by atoms with Gasteiger partial charge in [0.25, 0.3) is 6.30 Å². The molecule has 5 nitrogen and oxygen atoms in total. The van der Waals surface area contributed by atoms with E-state index >= 15 is 0 Å². The summed E-state index contributed by atoms with van der Waals surface area (Å²) in [6.07, 6.45) is -1.88. The van der Waals surface area contributed by atoms with Gasteiger partial charge in [-0.05, 0) is 12.1 Å². The molecule has 1 aromatic rings. The highest BCUT2D eigenvalue weighted by Crippen LogP contribution is 2.20. The maximum atomic E-state index is 13.3. The van der Waals surface area contributed by atoms with Crippen LogP contribution in [-0.2, 0) is 14.8 Å². The lowest BCUT2D eigenvalue weighted by molar-refractivity contribution is -0.142. The van der Waals surface area contributed by atoms with Gasteiger partial charge in [-0.1, -0.05) is 18.2 Å². The SMILES string of the molecule is CS(=O)(=O)N(c1ccccc1)C(F)C(=O)O. The van der Waals surface area contributed by atoms with Gasteiger partial charge in [0.1, 0.15) is 0 Å². The number of carboxylic acids is 1. The molecular formula is C9H10FNO4S. The first-order valence-corrected chi connectivity index (χ1v) is 6.10. The first-order chi connectivity index (χ1) is 7.34. The van der Waals surface area contributed by atoms with Crippen LogP contribution in [0.3, 0.4) is 0 Å². The molecule has 1 atom stereocenters. The molecule has 1 N–H and O–H groups in total. The van der Waals surface area contributed by atoms with Crippen molar-refractivity contribution in [2.24, 2.45) is 0 Å². The number of aliphatic carboxylic acids is 1. The summed E-state index contributed by atoms with van der Waals surface area (Å²) < 4.78 is 36.1. The Morgan fingerprint density at radius 2 is 1.88 bits per heavy atom. The van der Waals surface area contributed by atoms with Gasteiger partial charge in [-0.3, -0.25) is 0 Å². The van der Waals surface area contributed by atoms with Crippen molar-refractivity contribution in [3.05, 3.63) is 30.3 Å². The van der Waals surface area contributed by atoms with Gasteiger partial charge in [0, 0.05) is 0 Å². The number of carbonyl (C=O) groups is 1. The van der Waals surface area contributed by atoms with E-state index < -0.39 is 22.3 Å². The highest BCUT2D eigenvalue weighted by atomic mass is 32.2. The number of benzene rings is 1. The molecule has 0 aliphatic rings. The van der Waals surface area contributed by atoms with Crippen molar-refractivity contribution >= 4 is 21.7 Å². The number of carboxylic acid groups (broad SMARTS) is 1. The van der Waals surface area contributed by atoms with Gasteiger partial charge in [-0.2, -0.15) is 0 Å². The topological polar surface area (TPSA) is 74.7 Å². The number of nitrogens with zero attached hydrogens (tertiary/aromatic N) is 1. The summed E-state index contributed by atoms with van der Waals surface area (Å²) in [5.41, 5.74) is -0.0279. The van der Waals surface area contributed by atoms with Gasteiger partial charge in [0.05, 0.1) is 11.9 Å². The molecule has 1 rings (SSSR count). The zero-order valence-electron chi connectivity index (χ0n) is 8.37. The first-order valence-electron chi connectivity index (χ1n) is 4.25. The monoisotopic (exact) mass is 247 g/mol. The highest BCUT2D eigenvalue weighted by Gasteiger charge is 2.32. The van der Waals surface area contributed by atoms with E-state index in [1.807, 2.05) is 0 Å². The van der Waals surface area contributed by atoms with Crippen LogP contribution in [0.25, 0.3) is 0 Å². The molecular weight excluding hydrogens is 237 g/mol. The van der Waals surface area contributed by atoms with Gasteiger partial charge >= 0.3 is 5.97 Å². The van der Waals surface area contributed by atoms with Crippen molar-refractivity contribution in [2.75, 3.05) is 10.6 Å². The van der Waals surface area contributed by atoms with Crippen LogP contribution in [0, 0.1) is 0 Å². The van der Waals surface area contributed by atoms with Crippen molar-refractivity contribution in [3.63, 3.8) is 0 Å². The van der Waals surface area contributed by atoms with Gasteiger partial charge < -0.3 is 5.11 Å². The standard InChI is InChI=1S/C9H10FNO4S/c1-16(14,15)11(8(10)9(12)13)7-5-3-2-4-6-7/h2-6,8H,1H3,(H,12,13). The van der Waals surface area contributed by atoms with Crippen molar-refractivity contribution in [1.82, 2.24) is 0 Å². The van der Waals surface area contributed by atoms with Gasteiger partial charge in [-0.25, -0.2) is 21.9 Å². The Balaban J connectivity index is 3.23. The van der Waals surface area contributed by atoms with E-state index in [2.05, 4.69) is 0 Å². The summed E-state index contributed by atoms with van der Waals surface area (Å²) in [6.45, 7) is 0. The molecule has 0 aliphatic carbocycles. The van der Waals surface area contributed by atoms with Gasteiger partial charge in [0.15, 0.2) is 0 Å². The third kappa shape index (κ3) is 2.69. The Bertz CT molecular complexity index is 474. The summed E-state index contributed by atoms with van der Waals surface area (Å²) in [4.78, 5) is 10.5. The number of rotatable bonds is 4. The van der Waals surface area contributed by atoms with E-state index in [-0.39, 0.29) is 9.99 Å². The van der Waals surface area contributed by atoms with E-state index in [0.29, 0.717) is 0 Å². The maximum absolute atomic E-state index is 13.3. The van der Waals surface area contributed by atoms with Gasteiger partial charge in [0.2, 0.25) is 10.0 Å². The molecule has 0 aromatic heterocycles. The van der Waals surface area contributed by atoms with E-state index in [1.165, 1.54) is 24.3 Å². The number of anilines is 1.